The number of benzene rings is 1. The van der Waals surface area contributed by atoms with E-state index in [1.54, 1.807) is 18.2 Å². The van der Waals surface area contributed by atoms with Crippen molar-refractivity contribution in [3.05, 3.63) is 30.0 Å². The van der Waals surface area contributed by atoms with Crippen molar-refractivity contribution in [2.75, 3.05) is 7.11 Å². The number of methoxy groups -OCH3 is 1. The molecule has 0 saturated carbocycles. The van der Waals surface area contributed by atoms with Crippen LogP contribution < -0.4 is 0 Å². The summed E-state index contributed by atoms with van der Waals surface area (Å²) in [5.41, 5.74) is 1.12. The van der Waals surface area contributed by atoms with Crippen LogP contribution in [0.5, 0.6) is 0 Å². The SMILES string of the molecule is COC(=O)c1ccc2c(cnn2C#N)c1. The minimum absolute atomic E-state index is 0.401. The van der Waals surface area contributed by atoms with Crippen LogP contribution in [0.25, 0.3) is 10.9 Å². The van der Waals surface area contributed by atoms with Crippen molar-refractivity contribution in [3.63, 3.8) is 0 Å². The van der Waals surface area contributed by atoms with Gasteiger partial charge in [-0.3, -0.25) is 0 Å². The minimum atomic E-state index is -0.401. The first kappa shape index (κ1) is 9.21. The molecule has 0 N–H and O–H groups in total. The van der Waals surface area contributed by atoms with E-state index in [0.29, 0.717) is 11.1 Å². The number of nitrogens with zero attached hydrogens (tertiary/aromatic N) is 3. The highest BCUT2D eigenvalue weighted by Gasteiger charge is 2.08. The van der Waals surface area contributed by atoms with E-state index >= 15 is 0 Å². The lowest BCUT2D eigenvalue weighted by atomic mass is 10.1. The number of hydrogen-bond donors (Lipinski definition) is 0. The van der Waals surface area contributed by atoms with Gasteiger partial charge in [0.15, 0.2) is 0 Å². The van der Waals surface area contributed by atoms with Gasteiger partial charge in [0.1, 0.15) is 0 Å². The molecule has 15 heavy (non-hydrogen) atoms. The third-order valence-corrected chi connectivity index (χ3v) is 2.08. The van der Waals surface area contributed by atoms with E-state index in [-0.39, 0.29) is 0 Å². The number of esters is 1. The van der Waals surface area contributed by atoms with Crippen LogP contribution in [0.15, 0.2) is 24.4 Å². The average Bonchev–Trinajstić information content (AvgIpc) is 2.69. The summed E-state index contributed by atoms with van der Waals surface area (Å²) >= 11 is 0. The van der Waals surface area contributed by atoms with Gasteiger partial charge in [0.25, 0.3) is 0 Å². The first-order valence-corrected chi connectivity index (χ1v) is 4.22. The summed E-state index contributed by atoms with van der Waals surface area (Å²) in [6.45, 7) is 0. The molecule has 0 amide bonds. The molecular formula is C10H7N3O2. The Hall–Kier alpha value is -2.35. The summed E-state index contributed by atoms with van der Waals surface area (Å²) in [4.78, 5) is 11.2. The molecule has 0 unspecified atom stereocenters. The molecule has 2 rings (SSSR count). The Morgan fingerprint density at radius 3 is 3.07 bits per heavy atom. The van der Waals surface area contributed by atoms with Crippen LogP contribution in [0.2, 0.25) is 0 Å². The fourth-order valence-corrected chi connectivity index (χ4v) is 1.36. The molecule has 0 atom stereocenters. The highest BCUT2D eigenvalue weighted by Crippen LogP contribution is 2.15. The molecule has 1 aromatic carbocycles. The summed E-state index contributed by atoms with van der Waals surface area (Å²) in [5, 5.41) is 13.3. The van der Waals surface area contributed by atoms with E-state index in [1.807, 2.05) is 6.19 Å². The number of hydrogen-bond acceptors (Lipinski definition) is 4. The monoisotopic (exact) mass is 201 g/mol. The smallest absolute Gasteiger partial charge is 0.337 e. The van der Waals surface area contributed by atoms with E-state index in [2.05, 4.69) is 9.84 Å². The van der Waals surface area contributed by atoms with Crippen LogP contribution >= 0.6 is 0 Å². The van der Waals surface area contributed by atoms with Crippen molar-refractivity contribution in [2.45, 2.75) is 0 Å². The topological polar surface area (TPSA) is 67.9 Å². The molecule has 5 heteroatoms. The molecule has 0 aliphatic heterocycles. The molecule has 0 saturated heterocycles. The Bertz CT molecular complexity index is 566. The first-order chi connectivity index (χ1) is 7.26. The van der Waals surface area contributed by atoms with Crippen LogP contribution in [-0.2, 0) is 4.74 Å². The Morgan fingerprint density at radius 2 is 2.40 bits per heavy atom. The summed E-state index contributed by atoms with van der Waals surface area (Å²) in [5.74, 6) is -0.401. The molecule has 74 valence electrons. The molecule has 1 aromatic heterocycles. The van der Waals surface area contributed by atoms with E-state index in [4.69, 9.17) is 5.26 Å². The molecule has 0 fully saturated rings. The van der Waals surface area contributed by atoms with Gasteiger partial charge in [-0.1, -0.05) is 0 Å². The van der Waals surface area contributed by atoms with Crippen LogP contribution in [0.4, 0.5) is 0 Å². The van der Waals surface area contributed by atoms with Crippen LogP contribution in [0, 0.1) is 11.5 Å². The third-order valence-electron chi connectivity index (χ3n) is 2.08. The second kappa shape index (κ2) is 3.42. The van der Waals surface area contributed by atoms with Gasteiger partial charge in [0.05, 0.1) is 24.4 Å². The Balaban J connectivity index is 2.59. The van der Waals surface area contributed by atoms with Crippen molar-refractivity contribution < 1.29 is 9.53 Å². The van der Waals surface area contributed by atoms with Gasteiger partial charge in [0, 0.05) is 5.39 Å². The van der Waals surface area contributed by atoms with Crippen LogP contribution in [0.3, 0.4) is 0 Å². The quantitative estimate of drug-likeness (QED) is 0.649. The molecule has 0 aliphatic rings. The molecular weight excluding hydrogens is 194 g/mol. The average molecular weight is 201 g/mol. The predicted molar refractivity (Wildman–Crippen MR) is 52.1 cm³/mol. The maximum absolute atomic E-state index is 11.2. The summed E-state index contributed by atoms with van der Waals surface area (Å²) in [7, 11) is 1.32. The fraction of sp³-hybridized carbons (Fsp3) is 0.100. The largest absolute Gasteiger partial charge is 0.465 e. The normalized spacial score (nSPS) is 9.87. The third kappa shape index (κ3) is 1.42. The standard InChI is InChI=1S/C10H7N3O2/c1-15-10(14)7-2-3-9-8(4-7)5-12-13(9)6-11/h2-5H,1H3. The van der Waals surface area contributed by atoms with Crippen molar-refractivity contribution in [3.8, 4) is 6.19 Å². The fourth-order valence-electron chi connectivity index (χ4n) is 1.36. The summed E-state index contributed by atoms with van der Waals surface area (Å²) in [6.07, 6.45) is 3.43. The van der Waals surface area contributed by atoms with Gasteiger partial charge in [-0.15, -0.1) is 0 Å². The van der Waals surface area contributed by atoms with Crippen molar-refractivity contribution in [1.82, 2.24) is 9.78 Å². The van der Waals surface area contributed by atoms with Crippen molar-refractivity contribution >= 4 is 16.9 Å². The maximum Gasteiger partial charge on any atom is 0.337 e. The van der Waals surface area contributed by atoms with Gasteiger partial charge in [-0.05, 0) is 18.2 Å². The number of ether oxygens (including phenoxy) is 1. The highest BCUT2D eigenvalue weighted by atomic mass is 16.5. The number of carbonyl (C=O) groups excluding carboxylic acids is 1. The number of carbonyl (C=O) groups is 1. The minimum Gasteiger partial charge on any atom is -0.465 e. The number of aromatic nitrogens is 2. The molecule has 0 spiro atoms. The Morgan fingerprint density at radius 1 is 1.60 bits per heavy atom. The summed E-state index contributed by atoms with van der Waals surface area (Å²) < 4.78 is 5.78. The first-order valence-electron chi connectivity index (χ1n) is 4.22. The molecule has 2 aromatic rings. The zero-order chi connectivity index (χ0) is 10.8. The molecule has 5 nitrogen and oxygen atoms in total. The zero-order valence-electron chi connectivity index (χ0n) is 7.97. The molecule has 0 bridgehead atoms. The molecule has 0 aliphatic carbocycles. The van der Waals surface area contributed by atoms with E-state index < -0.39 is 5.97 Å². The second-order valence-corrected chi connectivity index (χ2v) is 2.92. The lowest BCUT2D eigenvalue weighted by Gasteiger charge is -1.98. The number of fused-ring (bicyclic) bond motifs is 1. The van der Waals surface area contributed by atoms with E-state index in [0.717, 1.165) is 5.39 Å². The Kier molecular flexibility index (Phi) is 2.10. The number of nitriles is 1. The maximum atomic E-state index is 11.2. The van der Waals surface area contributed by atoms with Crippen LogP contribution in [0.1, 0.15) is 10.4 Å². The molecule has 0 radical (unpaired) electrons. The van der Waals surface area contributed by atoms with Crippen LogP contribution in [-0.4, -0.2) is 22.9 Å². The zero-order valence-corrected chi connectivity index (χ0v) is 7.97. The van der Waals surface area contributed by atoms with E-state index in [9.17, 15) is 4.79 Å². The molecule has 1 heterocycles. The summed E-state index contributed by atoms with van der Waals surface area (Å²) in [6, 6.07) is 4.91. The van der Waals surface area contributed by atoms with Gasteiger partial charge in [0.2, 0.25) is 6.19 Å². The van der Waals surface area contributed by atoms with Gasteiger partial charge in [-0.25, -0.2) is 4.79 Å². The predicted octanol–water partition coefficient (Wildman–Crippen LogP) is 1.15. The highest BCUT2D eigenvalue weighted by molar-refractivity contribution is 5.94. The number of rotatable bonds is 1. The van der Waals surface area contributed by atoms with E-state index in [1.165, 1.54) is 18.0 Å². The van der Waals surface area contributed by atoms with Gasteiger partial charge < -0.3 is 4.74 Å². The van der Waals surface area contributed by atoms with Crippen molar-refractivity contribution in [2.24, 2.45) is 0 Å². The lowest BCUT2D eigenvalue weighted by Crippen LogP contribution is -2.00. The van der Waals surface area contributed by atoms with Gasteiger partial charge in [-0.2, -0.15) is 15.0 Å². The lowest BCUT2D eigenvalue weighted by molar-refractivity contribution is 0.0601. The van der Waals surface area contributed by atoms with Crippen molar-refractivity contribution in [1.29, 1.82) is 5.26 Å². The Labute approximate surface area is 85.5 Å². The second-order valence-electron chi connectivity index (χ2n) is 2.92. The van der Waals surface area contributed by atoms with Gasteiger partial charge >= 0.3 is 5.97 Å².